The zero-order valence-corrected chi connectivity index (χ0v) is 48.6. The van der Waals surface area contributed by atoms with Crippen molar-refractivity contribution in [1.29, 1.82) is 0 Å². The third-order valence-corrected chi connectivity index (χ3v) is 11.9. The summed E-state index contributed by atoms with van der Waals surface area (Å²) in [5.74, 6) is -11.5. The Bertz CT molecular complexity index is 3160. The number of rotatable bonds is 17. The molecule has 424 valence electrons. The average Bonchev–Trinajstić information content (AvgIpc) is 3.46. The minimum absolute atomic E-state index is 0. The molecule has 8 rings (SSSR count). The van der Waals surface area contributed by atoms with E-state index in [9.17, 15) is 59.4 Å². The Hall–Kier alpha value is -7.23. The van der Waals surface area contributed by atoms with Gasteiger partial charge in [-0.25, -0.2) is 35.1 Å². The standard InChI is InChI=1S/C16H15F2NO2.C14H10ClF2NO.C14H11F2NO2.C9H11NO2.C7H5BrF2.Na/c1-2-21-16(20)12(15-5-3-4-8-19-15)9-11-6-7-13(17)14(18)10-11;15-14(19)10(13-3-1-2-6-18-13)7-9-4-5-11(16)12(17)8-9;15-11-5-4-9(8-12(11)16)7-10(14(18)19)13-3-1-2-6-17-13;1-2-12-9(11)7-8-5-3-4-6-10-8;8-4-5-1-2-6(9)7(10)3-5;/h3-8,10,12H,2,9H2,1H3;1-6,8,10H,7H2;1-6,8,10H,7H2,(H,18,19);3-6H,2,7H2,1H3;1-3H,4H2;/q;;;;;+1/p-1. The van der Waals surface area contributed by atoms with Gasteiger partial charge in [-0.2, -0.15) is 0 Å². The normalized spacial score (nSPS) is 11.3. The maximum absolute atomic E-state index is 13.3. The second-order valence-corrected chi connectivity index (χ2v) is 17.8. The average molecular weight is 1230 g/mol. The molecule has 0 N–H and O–H groups in total. The number of esters is 2. The molecule has 0 radical (unpaired) electrons. The number of halogens is 10. The number of carboxylic acid groups (broad SMARTS) is 1. The van der Waals surface area contributed by atoms with Gasteiger partial charge in [0.15, 0.2) is 46.5 Å². The largest absolute Gasteiger partial charge is 1.00 e. The number of hydrogen-bond acceptors (Lipinski definition) is 11. The fraction of sp³-hybridized carbons (Fsp3) is 0.200. The van der Waals surface area contributed by atoms with Crippen molar-refractivity contribution in [3.8, 4) is 0 Å². The van der Waals surface area contributed by atoms with Crippen molar-refractivity contribution >= 4 is 50.7 Å². The summed E-state index contributed by atoms with van der Waals surface area (Å²) in [5, 5.41) is 11.1. The van der Waals surface area contributed by atoms with Crippen molar-refractivity contribution in [2.45, 2.75) is 62.6 Å². The predicted molar refractivity (Wildman–Crippen MR) is 287 cm³/mol. The van der Waals surface area contributed by atoms with Gasteiger partial charge in [-0.1, -0.05) is 64.5 Å². The second kappa shape index (κ2) is 37.0. The molecule has 3 unspecified atom stereocenters. The van der Waals surface area contributed by atoms with E-state index in [4.69, 9.17) is 21.1 Å². The summed E-state index contributed by atoms with van der Waals surface area (Å²) in [5.41, 5.74) is 4.23. The SMILES string of the molecule is CCOC(=O)C(Cc1ccc(F)c(F)c1)c1ccccn1.CCOC(=O)Cc1ccccn1.Fc1ccc(CBr)cc1F.O=C(Cl)C(Cc1ccc(F)c(F)c1)c1ccccn1.O=C([O-])C(Cc1ccc(F)c(F)c1)c1ccccn1.[Na+]. The fourth-order valence-electron chi connectivity index (χ4n) is 7.10. The summed E-state index contributed by atoms with van der Waals surface area (Å²) in [6.07, 6.45) is 6.89. The third-order valence-electron chi connectivity index (χ3n) is 11.0. The molecule has 0 aliphatic carbocycles. The van der Waals surface area contributed by atoms with E-state index in [0.29, 0.717) is 45.7 Å². The first kappa shape index (κ1) is 69.0. The van der Waals surface area contributed by atoms with Crippen LogP contribution in [0.4, 0.5) is 35.1 Å². The number of alkyl halides is 1. The Morgan fingerprint density at radius 2 is 0.829 bits per heavy atom. The summed E-state index contributed by atoms with van der Waals surface area (Å²) in [4.78, 5) is 61.8. The van der Waals surface area contributed by atoms with Crippen LogP contribution in [0.15, 0.2) is 170 Å². The minimum atomic E-state index is -1.30. The van der Waals surface area contributed by atoms with Gasteiger partial charge in [-0.3, -0.25) is 34.3 Å². The number of benzene rings is 4. The van der Waals surface area contributed by atoms with E-state index in [2.05, 4.69) is 35.9 Å². The molecule has 3 atom stereocenters. The summed E-state index contributed by atoms with van der Waals surface area (Å²) in [6, 6.07) is 34.9. The van der Waals surface area contributed by atoms with Gasteiger partial charge < -0.3 is 19.4 Å². The quantitative estimate of drug-likeness (QED) is 0.0281. The van der Waals surface area contributed by atoms with Crippen molar-refractivity contribution in [2.24, 2.45) is 0 Å². The first-order valence-corrected chi connectivity index (χ1v) is 26.0. The number of pyridine rings is 4. The number of carbonyl (C=O) groups excluding carboxylic acids is 4. The predicted octanol–water partition coefficient (Wildman–Crippen LogP) is 9.19. The maximum Gasteiger partial charge on any atom is 1.00 e. The summed E-state index contributed by atoms with van der Waals surface area (Å²) < 4.78 is 112. The molecule has 4 aromatic carbocycles. The molecular formula is C60H51BrClF8N4NaO7. The number of carbonyl (C=O) groups is 4. The third kappa shape index (κ3) is 24.1. The van der Waals surface area contributed by atoms with Crippen LogP contribution in [0.2, 0.25) is 0 Å². The molecule has 82 heavy (non-hydrogen) atoms. The Balaban J connectivity index is 0.000000274. The first-order valence-electron chi connectivity index (χ1n) is 24.5. The van der Waals surface area contributed by atoms with Gasteiger partial charge in [0.25, 0.3) is 0 Å². The molecule has 0 spiro atoms. The number of ether oxygens (including phenoxy) is 2. The van der Waals surface area contributed by atoms with Crippen LogP contribution in [-0.2, 0) is 59.7 Å². The van der Waals surface area contributed by atoms with Crippen LogP contribution in [0.5, 0.6) is 0 Å². The molecule has 0 aliphatic heterocycles. The smallest absolute Gasteiger partial charge is 0.549 e. The summed E-state index contributed by atoms with van der Waals surface area (Å²) in [6.45, 7) is 4.17. The molecule has 4 aromatic heterocycles. The van der Waals surface area contributed by atoms with Crippen molar-refractivity contribution in [2.75, 3.05) is 13.2 Å². The summed E-state index contributed by atoms with van der Waals surface area (Å²) in [7, 11) is 0. The van der Waals surface area contributed by atoms with Gasteiger partial charge in [0, 0.05) is 41.7 Å². The number of carboxylic acids is 1. The van der Waals surface area contributed by atoms with Gasteiger partial charge in [0.2, 0.25) is 5.24 Å². The Morgan fingerprint density at radius 1 is 0.476 bits per heavy atom. The van der Waals surface area contributed by atoms with Crippen LogP contribution in [-0.4, -0.2) is 56.3 Å². The molecule has 8 aromatic rings. The van der Waals surface area contributed by atoms with Crippen LogP contribution < -0.4 is 34.7 Å². The van der Waals surface area contributed by atoms with E-state index >= 15 is 0 Å². The molecule has 4 heterocycles. The molecular weight excluding hydrogens is 1180 g/mol. The van der Waals surface area contributed by atoms with Crippen LogP contribution >= 0.6 is 27.5 Å². The molecule has 0 aliphatic rings. The number of aliphatic carboxylic acids is 1. The van der Waals surface area contributed by atoms with E-state index in [1.807, 2.05) is 12.1 Å². The van der Waals surface area contributed by atoms with E-state index in [1.165, 1.54) is 36.5 Å². The molecule has 0 amide bonds. The van der Waals surface area contributed by atoms with Gasteiger partial charge >= 0.3 is 41.5 Å². The van der Waals surface area contributed by atoms with Gasteiger partial charge in [-0.05, 0) is 164 Å². The van der Waals surface area contributed by atoms with Crippen LogP contribution in [0.1, 0.15) is 76.6 Å². The molecule has 11 nitrogen and oxygen atoms in total. The van der Waals surface area contributed by atoms with Crippen molar-refractivity contribution in [3.05, 3.63) is 262 Å². The maximum atomic E-state index is 13.3. The minimum Gasteiger partial charge on any atom is -0.549 e. The Kier molecular flexibility index (Phi) is 31.1. The van der Waals surface area contributed by atoms with Gasteiger partial charge in [-0.15, -0.1) is 0 Å². The number of aromatic nitrogens is 4. The number of hydrogen-bond donors (Lipinski definition) is 0. The fourth-order valence-corrected chi connectivity index (χ4v) is 7.64. The van der Waals surface area contributed by atoms with E-state index in [1.54, 1.807) is 93.1 Å². The van der Waals surface area contributed by atoms with Crippen LogP contribution in [0.25, 0.3) is 0 Å². The Morgan fingerprint density at radius 3 is 1.17 bits per heavy atom. The van der Waals surface area contributed by atoms with E-state index in [-0.39, 0.29) is 67.8 Å². The second-order valence-electron chi connectivity index (χ2n) is 16.8. The van der Waals surface area contributed by atoms with E-state index < -0.39 is 81.5 Å². The van der Waals surface area contributed by atoms with Crippen LogP contribution in [0.3, 0.4) is 0 Å². The van der Waals surface area contributed by atoms with E-state index in [0.717, 1.165) is 53.7 Å². The van der Waals surface area contributed by atoms with Crippen molar-refractivity contribution in [3.63, 3.8) is 0 Å². The monoisotopic (exact) mass is 1230 g/mol. The van der Waals surface area contributed by atoms with Gasteiger partial charge in [0.1, 0.15) is 5.92 Å². The zero-order chi connectivity index (χ0) is 59.3. The summed E-state index contributed by atoms with van der Waals surface area (Å²) >= 11 is 8.68. The van der Waals surface area contributed by atoms with Crippen molar-refractivity contribution in [1.82, 2.24) is 19.9 Å². The molecule has 0 saturated heterocycles. The molecule has 0 bridgehead atoms. The van der Waals surface area contributed by atoms with Crippen LogP contribution in [0, 0.1) is 46.5 Å². The zero-order valence-electron chi connectivity index (χ0n) is 44.3. The first-order chi connectivity index (χ1) is 38.8. The Labute approximate surface area is 503 Å². The molecule has 0 saturated carbocycles. The molecule has 0 fully saturated rings. The molecule has 22 heteroatoms. The number of nitrogens with zero attached hydrogens (tertiary/aromatic N) is 4. The topological polar surface area (TPSA) is 161 Å². The van der Waals surface area contributed by atoms with Crippen molar-refractivity contribution < 1.29 is 98.4 Å². The van der Waals surface area contributed by atoms with Gasteiger partial charge in [0.05, 0.1) is 48.6 Å².